The molecule has 1 heterocycles. The van der Waals surface area contributed by atoms with E-state index in [2.05, 4.69) is 0 Å². The molecule has 0 bridgehead atoms. The first-order valence-corrected chi connectivity index (χ1v) is 6.39. The van der Waals surface area contributed by atoms with Crippen LogP contribution in [0.5, 0.6) is 5.75 Å². The SMILES string of the molecule is CC(C)Oc1ccc(N2CC(CO)OCC2=O)cc1. The van der Waals surface area contributed by atoms with Gasteiger partial charge in [-0.15, -0.1) is 0 Å². The number of morpholine rings is 1. The molecule has 0 aliphatic carbocycles. The van der Waals surface area contributed by atoms with Crippen molar-refractivity contribution in [3.8, 4) is 5.75 Å². The molecule has 1 unspecified atom stereocenters. The van der Waals surface area contributed by atoms with Crippen molar-refractivity contribution in [3.63, 3.8) is 0 Å². The van der Waals surface area contributed by atoms with E-state index in [1.807, 2.05) is 38.1 Å². The molecule has 0 aromatic heterocycles. The molecule has 1 aromatic rings. The number of aliphatic hydroxyl groups excluding tert-OH is 1. The first-order valence-electron chi connectivity index (χ1n) is 6.39. The maximum absolute atomic E-state index is 11.8. The zero-order chi connectivity index (χ0) is 13.8. The molecule has 1 aliphatic rings. The van der Waals surface area contributed by atoms with Gasteiger partial charge in [0, 0.05) is 5.69 Å². The second-order valence-electron chi connectivity index (χ2n) is 4.78. The molecule has 19 heavy (non-hydrogen) atoms. The van der Waals surface area contributed by atoms with Gasteiger partial charge in [0.15, 0.2) is 0 Å². The number of nitrogens with zero attached hydrogens (tertiary/aromatic N) is 1. The highest BCUT2D eigenvalue weighted by Crippen LogP contribution is 2.22. The van der Waals surface area contributed by atoms with Crippen LogP contribution in [-0.4, -0.2) is 43.0 Å². The van der Waals surface area contributed by atoms with Gasteiger partial charge >= 0.3 is 0 Å². The number of anilines is 1. The molecule has 1 aliphatic heterocycles. The van der Waals surface area contributed by atoms with E-state index < -0.39 is 0 Å². The summed E-state index contributed by atoms with van der Waals surface area (Å²) in [5, 5.41) is 9.10. The number of aliphatic hydroxyl groups is 1. The average Bonchev–Trinajstić information content (AvgIpc) is 2.40. The van der Waals surface area contributed by atoms with E-state index in [-0.39, 0.29) is 31.3 Å². The van der Waals surface area contributed by atoms with Crippen molar-refractivity contribution in [2.45, 2.75) is 26.1 Å². The Morgan fingerprint density at radius 1 is 1.42 bits per heavy atom. The lowest BCUT2D eigenvalue weighted by Crippen LogP contribution is -2.48. The lowest BCUT2D eigenvalue weighted by molar-refractivity contribution is -0.130. The zero-order valence-corrected chi connectivity index (χ0v) is 11.2. The first-order chi connectivity index (χ1) is 9.10. The molecule has 1 fully saturated rings. The van der Waals surface area contributed by atoms with Gasteiger partial charge in [-0.3, -0.25) is 4.79 Å². The van der Waals surface area contributed by atoms with Crippen molar-refractivity contribution in [1.82, 2.24) is 0 Å². The quantitative estimate of drug-likeness (QED) is 0.888. The topological polar surface area (TPSA) is 59.0 Å². The van der Waals surface area contributed by atoms with Crippen molar-refractivity contribution >= 4 is 11.6 Å². The van der Waals surface area contributed by atoms with E-state index in [0.29, 0.717) is 6.54 Å². The molecule has 1 N–H and O–H groups in total. The van der Waals surface area contributed by atoms with E-state index in [0.717, 1.165) is 11.4 Å². The molecule has 104 valence electrons. The first kappa shape index (κ1) is 13.8. The minimum atomic E-state index is -0.315. The molecule has 1 atom stereocenters. The van der Waals surface area contributed by atoms with E-state index in [4.69, 9.17) is 14.6 Å². The molecule has 1 saturated heterocycles. The van der Waals surface area contributed by atoms with Gasteiger partial charge in [0.1, 0.15) is 12.4 Å². The maximum atomic E-state index is 11.8. The van der Waals surface area contributed by atoms with Crippen LogP contribution in [-0.2, 0) is 9.53 Å². The average molecular weight is 265 g/mol. The van der Waals surface area contributed by atoms with Gasteiger partial charge in [-0.05, 0) is 38.1 Å². The fourth-order valence-electron chi connectivity index (χ4n) is 1.96. The number of benzene rings is 1. The summed E-state index contributed by atoms with van der Waals surface area (Å²) in [5.41, 5.74) is 0.794. The van der Waals surface area contributed by atoms with Crippen molar-refractivity contribution in [3.05, 3.63) is 24.3 Å². The zero-order valence-electron chi connectivity index (χ0n) is 11.2. The largest absolute Gasteiger partial charge is 0.491 e. The van der Waals surface area contributed by atoms with Crippen LogP contribution in [0.3, 0.4) is 0 Å². The van der Waals surface area contributed by atoms with Crippen LogP contribution in [0.25, 0.3) is 0 Å². The normalized spacial score (nSPS) is 19.9. The molecule has 0 spiro atoms. The summed E-state index contributed by atoms with van der Waals surface area (Å²) in [7, 11) is 0. The Morgan fingerprint density at radius 3 is 2.68 bits per heavy atom. The Hall–Kier alpha value is -1.59. The Morgan fingerprint density at radius 2 is 2.11 bits per heavy atom. The Balaban J connectivity index is 2.09. The molecule has 0 saturated carbocycles. The molecule has 5 nitrogen and oxygen atoms in total. The van der Waals surface area contributed by atoms with Gasteiger partial charge in [0.25, 0.3) is 5.91 Å². The minimum Gasteiger partial charge on any atom is -0.491 e. The van der Waals surface area contributed by atoms with Crippen molar-refractivity contribution in [2.24, 2.45) is 0 Å². The molecular weight excluding hydrogens is 246 g/mol. The van der Waals surface area contributed by atoms with Gasteiger partial charge < -0.3 is 19.5 Å². The Bertz CT molecular complexity index is 430. The monoisotopic (exact) mass is 265 g/mol. The summed E-state index contributed by atoms with van der Waals surface area (Å²) in [4.78, 5) is 13.4. The molecular formula is C14H19NO4. The Labute approximate surface area is 112 Å². The highest BCUT2D eigenvalue weighted by Gasteiger charge is 2.26. The van der Waals surface area contributed by atoms with Crippen LogP contribution < -0.4 is 9.64 Å². The predicted octanol–water partition coefficient (Wildman–Crippen LogP) is 1.20. The summed E-state index contributed by atoms with van der Waals surface area (Å²) < 4.78 is 10.8. The third-order valence-corrected chi connectivity index (χ3v) is 2.85. The molecule has 1 aromatic carbocycles. The van der Waals surface area contributed by atoms with Gasteiger partial charge in [-0.1, -0.05) is 0 Å². The highest BCUT2D eigenvalue weighted by atomic mass is 16.5. The summed E-state index contributed by atoms with van der Waals surface area (Å²) >= 11 is 0. The van der Waals surface area contributed by atoms with Crippen molar-refractivity contribution in [1.29, 1.82) is 0 Å². The fraction of sp³-hybridized carbons (Fsp3) is 0.500. The summed E-state index contributed by atoms with van der Waals surface area (Å²) in [6, 6.07) is 7.36. The van der Waals surface area contributed by atoms with Crippen molar-refractivity contribution in [2.75, 3.05) is 24.7 Å². The number of rotatable bonds is 4. The fourth-order valence-corrected chi connectivity index (χ4v) is 1.96. The third kappa shape index (κ3) is 3.45. The van der Waals surface area contributed by atoms with Crippen LogP contribution in [0.15, 0.2) is 24.3 Å². The van der Waals surface area contributed by atoms with Crippen LogP contribution >= 0.6 is 0 Å². The number of hydrogen-bond acceptors (Lipinski definition) is 4. The number of carbonyl (C=O) groups is 1. The summed E-state index contributed by atoms with van der Waals surface area (Å²) in [5.74, 6) is 0.681. The standard InChI is InChI=1S/C14H19NO4/c1-10(2)19-12-5-3-11(4-6-12)15-7-13(8-16)18-9-14(15)17/h3-6,10,13,16H,7-9H2,1-2H3. The van der Waals surface area contributed by atoms with Crippen molar-refractivity contribution < 1.29 is 19.4 Å². The Kier molecular flexibility index (Phi) is 4.39. The summed E-state index contributed by atoms with van der Waals surface area (Å²) in [6.45, 7) is 4.23. The second-order valence-corrected chi connectivity index (χ2v) is 4.78. The van der Waals surface area contributed by atoms with E-state index in [1.54, 1.807) is 4.90 Å². The third-order valence-electron chi connectivity index (χ3n) is 2.85. The van der Waals surface area contributed by atoms with Crippen LogP contribution in [0.4, 0.5) is 5.69 Å². The molecule has 2 rings (SSSR count). The van der Waals surface area contributed by atoms with Gasteiger partial charge in [0.2, 0.25) is 0 Å². The van der Waals surface area contributed by atoms with Crippen LogP contribution in [0.2, 0.25) is 0 Å². The lowest BCUT2D eigenvalue weighted by Gasteiger charge is -2.31. The number of amides is 1. The van der Waals surface area contributed by atoms with Gasteiger partial charge in [-0.25, -0.2) is 0 Å². The van der Waals surface area contributed by atoms with E-state index in [1.165, 1.54) is 0 Å². The number of ether oxygens (including phenoxy) is 2. The molecule has 1 amide bonds. The van der Waals surface area contributed by atoms with E-state index in [9.17, 15) is 4.79 Å². The predicted molar refractivity (Wildman–Crippen MR) is 71.4 cm³/mol. The minimum absolute atomic E-state index is 0.00940. The van der Waals surface area contributed by atoms with Crippen LogP contribution in [0, 0.1) is 0 Å². The molecule has 5 heteroatoms. The smallest absolute Gasteiger partial charge is 0.253 e. The maximum Gasteiger partial charge on any atom is 0.253 e. The number of hydrogen-bond donors (Lipinski definition) is 1. The summed E-state index contributed by atoms with van der Waals surface area (Å²) in [6.07, 6.45) is -0.195. The van der Waals surface area contributed by atoms with Crippen LogP contribution in [0.1, 0.15) is 13.8 Å². The molecule has 0 radical (unpaired) electrons. The van der Waals surface area contributed by atoms with Gasteiger partial charge in [0.05, 0.1) is 25.4 Å². The lowest BCUT2D eigenvalue weighted by atomic mass is 10.2. The second kappa shape index (κ2) is 6.04. The van der Waals surface area contributed by atoms with E-state index >= 15 is 0 Å². The van der Waals surface area contributed by atoms with Gasteiger partial charge in [-0.2, -0.15) is 0 Å². The number of carbonyl (C=O) groups excluding carboxylic acids is 1. The highest BCUT2D eigenvalue weighted by molar-refractivity contribution is 5.95.